The Labute approximate surface area is 93.9 Å². The first kappa shape index (κ1) is 10.1. The highest BCUT2D eigenvalue weighted by molar-refractivity contribution is 6.31. The van der Waals surface area contributed by atoms with E-state index in [0.29, 0.717) is 22.1 Å². The van der Waals surface area contributed by atoms with E-state index in [4.69, 9.17) is 16.9 Å². The molecule has 0 amide bonds. The number of nitrogens with zero attached hydrogens (tertiary/aromatic N) is 1. The smallest absolute Gasteiger partial charge is 0.100 e. The van der Waals surface area contributed by atoms with Crippen LogP contribution in [0.4, 0.5) is 0 Å². The number of nitriles is 1. The highest BCUT2D eigenvalue weighted by Gasteiger charge is 2.13. The van der Waals surface area contributed by atoms with Gasteiger partial charge in [0.2, 0.25) is 0 Å². The maximum atomic E-state index is 8.89. The summed E-state index contributed by atoms with van der Waals surface area (Å²) in [5, 5.41) is 12.6. The first-order chi connectivity index (χ1) is 7.31. The average molecular weight is 217 g/mol. The lowest BCUT2D eigenvalue weighted by Crippen LogP contribution is -2.40. The monoisotopic (exact) mass is 216 g/mol. The minimum Gasteiger partial charge on any atom is -0.314 e. The Balaban J connectivity index is 2.32. The van der Waals surface area contributed by atoms with Crippen LogP contribution in [0.1, 0.15) is 11.1 Å². The third-order valence-electron chi connectivity index (χ3n) is 2.32. The van der Waals surface area contributed by atoms with Gasteiger partial charge in [-0.05, 0) is 12.1 Å². The number of hydrogen-bond acceptors (Lipinski definition) is 2. The van der Waals surface area contributed by atoms with Crippen LogP contribution in [0.3, 0.4) is 0 Å². The van der Waals surface area contributed by atoms with E-state index in [1.165, 1.54) is 0 Å². The number of halogens is 1. The molecule has 0 aromatic heterocycles. The van der Waals surface area contributed by atoms with Crippen molar-refractivity contribution in [2.24, 2.45) is 5.92 Å². The van der Waals surface area contributed by atoms with E-state index in [9.17, 15) is 0 Å². The van der Waals surface area contributed by atoms with Crippen molar-refractivity contribution in [3.8, 4) is 17.9 Å². The molecule has 0 unspecified atom stereocenters. The quantitative estimate of drug-likeness (QED) is 0.672. The van der Waals surface area contributed by atoms with Gasteiger partial charge in [0.05, 0.1) is 16.1 Å². The van der Waals surface area contributed by atoms with E-state index in [1.54, 1.807) is 18.2 Å². The summed E-state index contributed by atoms with van der Waals surface area (Å²) in [5.74, 6) is 6.49. The minimum absolute atomic E-state index is 0.396. The molecule has 1 aliphatic heterocycles. The molecule has 1 aromatic carbocycles. The van der Waals surface area contributed by atoms with E-state index in [0.717, 1.165) is 13.1 Å². The third kappa shape index (κ3) is 2.13. The zero-order chi connectivity index (χ0) is 10.7. The summed E-state index contributed by atoms with van der Waals surface area (Å²) in [6.07, 6.45) is 0. The number of nitrogens with one attached hydrogen (secondary N) is 1. The molecular formula is C12H9ClN2. The summed E-state index contributed by atoms with van der Waals surface area (Å²) in [6.45, 7) is 1.86. The molecule has 1 aliphatic rings. The topological polar surface area (TPSA) is 35.8 Å². The fraction of sp³-hybridized carbons (Fsp3) is 0.250. The van der Waals surface area contributed by atoms with Crippen molar-refractivity contribution >= 4 is 11.6 Å². The minimum atomic E-state index is 0.396. The molecule has 0 spiro atoms. The Kier molecular flexibility index (Phi) is 2.92. The molecule has 3 heteroatoms. The van der Waals surface area contributed by atoms with Gasteiger partial charge in [-0.3, -0.25) is 0 Å². The lowest BCUT2D eigenvalue weighted by atomic mass is 10.0. The van der Waals surface area contributed by atoms with Gasteiger partial charge in [0.15, 0.2) is 0 Å². The molecule has 0 radical (unpaired) electrons. The second-order valence-corrected chi connectivity index (χ2v) is 3.81. The zero-order valence-corrected chi connectivity index (χ0v) is 8.80. The van der Waals surface area contributed by atoms with Crippen LogP contribution in [0, 0.1) is 29.1 Å². The van der Waals surface area contributed by atoms with Crippen LogP contribution in [-0.4, -0.2) is 13.1 Å². The SMILES string of the molecule is N#Cc1cccc(Cl)c1C#CC1CNC1. The van der Waals surface area contributed by atoms with Gasteiger partial charge in [0, 0.05) is 19.0 Å². The zero-order valence-electron chi connectivity index (χ0n) is 8.05. The fourth-order valence-corrected chi connectivity index (χ4v) is 1.53. The molecular weight excluding hydrogens is 208 g/mol. The third-order valence-corrected chi connectivity index (χ3v) is 2.63. The lowest BCUT2D eigenvalue weighted by Gasteiger charge is -2.21. The molecule has 1 saturated heterocycles. The van der Waals surface area contributed by atoms with Gasteiger partial charge >= 0.3 is 0 Å². The van der Waals surface area contributed by atoms with Crippen LogP contribution in [0.15, 0.2) is 18.2 Å². The molecule has 15 heavy (non-hydrogen) atoms. The number of hydrogen-bond donors (Lipinski definition) is 1. The first-order valence-electron chi connectivity index (χ1n) is 4.72. The van der Waals surface area contributed by atoms with Crippen molar-refractivity contribution in [2.45, 2.75) is 0 Å². The molecule has 1 fully saturated rings. The first-order valence-corrected chi connectivity index (χ1v) is 5.10. The average Bonchev–Trinajstić information content (AvgIpc) is 2.17. The van der Waals surface area contributed by atoms with Gasteiger partial charge < -0.3 is 5.32 Å². The molecule has 0 bridgehead atoms. The van der Waals surface area contributed by atoms with E-state index >= 15 is 0 Å². The molecule has 2 rings (SSSR count). The predicted molar refractivity (Wildman–Crippen MR) is 59.4 cm³/mol. The summed E-state index contributed by atoms with van der Waals surface area (Å²) in [7, 11) is 0. The van der Waals surface area contributed by atoms with Crippen molar-refractivity contribution in [3.05, 3.63) is 34.3 Å². The summed E-state index contributed by atoms with van der Waals surface area (Å²) in [6, 6.07) is 7.34. The summed E-state index contributed by atoms with van der Waals surface area (Å²) in [4.78, 5) is 0. The van der Waals surface area contributed by atoms with Crippen LogP contribution in [0.25, 0.3) is 0 Å². The highest BCUT2D eigenvalue weighted by Crippen LogP contribution is 2.18. The van der Waals surface area contributed by atoms with Crippen LogP contribution < -0.4 is 5.32 Å². The highest BCUT2D eigenvalue weighted by atomic mass is 35.5. The van der Waals surface area contributed by atoms with Crippen molar-refractivity contribution in [2.75, 3.05) is 13.1 Å². The molecule has 1 aromatic rings. The van der Waals surface area contributed by atoms with Gasteiger partial charge in [-0.1, -0.05) is 29.5 Å². The molecule has 1 N–H and O–H groups in total. The number of rotatable bonds is 0. The molecule has 0 aliphatic carbocycles. The van der Waals surface area contributed by atoms with E-state index < -0.39 is 0 Å². The van der Waals surface area contributed by atoms with Gasteiger partial charge in [0.25, 0.3) is 0 Å². The summed E-state index contributed by atoms with van der Waals surface area (Å²) in [5.41, 5.74) is 1.19. The summed E-state index contributed by atoms with van der Waals surface area (Å²) < 4.78 is 0. The Hall–Kier alpha value is -1.48. The van der Waals surface area contributed by atoms with E-state index in [2.05, 4.69) is 23.2 Å². The van der Waals surface area contributed by atoms with Gasteiger partial charge in [-0.25, -0.2) is 0 Å². The molecule has 0 atom stereocenters. The van der Waals surface area contributed by atoms with Crippen molar-refractivity contribution in [1.29, 1.82) is 5.26 Å². The van der Waals surface area contributed by atoms with Crippen LogP contribution >= 0.6 is 11.6 Å². The van der Waals surface area contributed by atoms with Crippen molar-refractivity contribution in [3.63, 3.8) is 0 Å². The Bertz CT molecular complexity index is 473. The van der Waals surface area contributed by atoms with E-state index in [-0.39, 0.29) is 0 Å². The Morgan fingerprint density at radius 2 is 2.20 bits per heavy atom. The van der Waals surface area contributed by atoms with Gasteiger partial charge in [-0.2, -0.15) is 5.26 Å². The molecule has 0 saturated carbocycles. The van der Waals surface area contributed by atoms with Gasteiger partial charge in [-0.15, -0.1) is 0 Å². The Morgan fingerprint density at radius 3 is 2.80 bits per heavy atom. The standard InChI is InChI=1S/C12H9ClN2/c13-12-3-1-2-10(6-14)11(12)5-4-9-7-15-8-9/h1-3,9,15H,7-8H2. The van der Waals surface area contributed by atoms with Crippen LogP contribution in [0.5, 0.6) is 0 Å². The van der Waals surface area contributed by atoms with Crippen LogP contribution in [0.2, 0.25) is 5.02 Å². The van der Waals surface area contributed by atoms with Crippen molar-refractivity contribution in [1.82, 2.24) is 5.32 Å². The second kappa shape index (κ2) is 4.36. The lowest BCUT2D eigenvalue weighted by molar-refractivity contribution is 0.432. The van der Waals surface area contributed by atoms with Crippen molar-refractivity contribution < 1.29 is 0 Å². The summed E-state index contributed by atoms with van der Waals surface area (Å²) >= 11 is 5.98. The number of benzene rings is 1. The molecule has 74 valence electrons. The van der Waals surface area contributed by atoms with Gasteiger partial charge in [0.1, 0.15) is 6.07 Å². The fourth-order valence-electron chi connectivity index (χ4n) is 1.31. The molecule has 2 nitrogen and oxygen atoms in total. The predicted octanol–water partition coefficient (Wildman–Crippen LogP) is 1.78. The normalized spacial score (nSPS) is 14.7. The van der Waals surface area contributed by atoms with Crippen LogP contribution in [-0.2, 0) is 0 Å². The molecule has 1 heterocycles. The maximum absolute atomic E-state index is 8.89. The Morgan fingerprint density at radius 1 is 1.40 bits per heavy atom. The second-order valence-electron chi connectivity index (χ2n) is 3.40. The van der Waals surface area contributed by atoms with E-state index in [1.807, 2.05) is 0 Å². The maximum Gasteiger partial charge on any atom is 0.100 e. The largest absolute Gasteiger partial charge is 0.314 e.